The molecule has 0 saturated heterocycles. The molecule has 0 radical (unpaired) electrons. The average molecular weight is 247 g/mol. The number of carbonyl (C=O) groups is 1. The lowest BCUT2D eigenvalue weighted by Gasteiger charge is -2.24. The SMILES string of the molecule is NCC1(C(=O)OCCc2ccccc2)CCCC1. The maximum Gasteiger partial charge on any atom is 0.313 e. The van der Waals surface area contributed by atoms with Gasteiger partial charge in [0.05, 0.1) is 12.0 Å². The molecule has 0 spiro atoms. The van der Waals surface area contributed by atoms with Crippen molar-refractivity contribution in [1.82, 2.24) is 0 Å². The van der Waals surface area contributed by atoms with Crippen LogP contribution >= 0.6 is 0 Å². The highest BCUT2D eigenvalue weighted by Crippen LogP contribution is 2.38. The summed E-state index contributed by atoms with van der Waals surface area (Å²) in [6.07, 6.45) is 4.71. The maximum atomic E-state index is 12.1. The largest absolute Gasteiger partial charge is 0.465 e. The van der Waals surface area contributed by atoms with Gasteiger partial charge >= 0.3 is 5.97 Å². The molecule has 0 atom stereocenters. The molecule has 1 aliphatic rings. The Kier molecular flexibility index (Phi) is 4.37. The minimum absolute atomic E-state index is 0.0987. The van der Waals surface area contributed by atoms with Crippen molar-refractivity contribution in [3.8, 4) is 0 Å². The molecule has 1 saturated carbocycles. The van der Waals surface area contributed by atoms with E-state index in [0.717, 1.165) is 32.1 Å². The van der Waals surface area contributed by atoms with Crippen LogP contribution < -0.4 is 5.73 Å². The molecule has 18 heavy (non-hydrogen) atoms. The topological polar surface area (TPSA) is 52.3 Å². The monoisotopic (exact) mass is 247 g/mol. The standard InChI is InChI=1S/C15H21NO2/c16-12-15(9-4-5-10-15)14(17)18-11-8-13-6-2-1-3-7-13/h1-3,6-7H,4-5,8-12,16H2. The molecular formula is C15H21NO2. The van der Waals surface area contributed by atoms with Gasteiger partial charge in [0, 0.05) is 13.0 Å². The lowest BCUT2D eigenvalue weighted by molar-refractivity contribution is -0.155. The number of benzene rings is 1. The van der Waals surface area contributed by atoms with Gasteiger partial charge in [0.1, 0.15) is 0 Å². The van der Waals surface area contributed by atoms with Gasteiger partial charge in [0.25, 0.3) is 0 Å². The van der Waals surface area contributed by atoms with Crippen LogP contribution in [0, 0.1) is 5.41 Å². The van der Waals surface area contributed by atoms with Gasteiger partial charge in [0.2, 0.25) is 0 Å². The van der Waals surface area contributed by atoms with Crippen LogP contribution in [0.3, 0.4) is 0 Å². The molecule has 98 valence electrons. The summed E-state index contributed by atoms with van der Waals surface area (Å²) >= 11 is 0. The number of esters is 1. The van der Waals surface area contributed by atoms with E-state index >= 15 is 0 Å². The van der Waals surface area contributed by atoms with Crippen molar-refractivity contribution in [1.29, 1.82) is 0 Å². The van der Waals surface area contributed by atoms with Crippen LogP contribution in [-0.4, -0.2) is 19.1 Å². The van der Waals surface area contributed by atoms with E-state index in [1.54, 1.807) is 0 Å². The number of carbonyl (C=O) groups excluding carboxylic acids is 1. The summed E-state index contributed by atoms with van der Waals surface area (Å²) in [6, 6.07) is 10.1. The second kappa shape index (κ2) is 6.01. The first-order chi connectivity index (χ1) is 8.77. The fraction of sp³-hybridized carbons (Fsp3) is 0.533. The van der Waals surface area contributed by atoms with Crippen molar-refractivity contribution in [2.24, 2.45) is 11.1 Å². The van der Waals surface area contributed by atoms with Gasteiger partial charge in [-0.3, -0.25) is 4.79 Å². The summed E-state index contributed by atoms with van der Waals surface area (Å²) in [5.74, 6) is -0.0987. The zero-order valence-corrected chi connectivity index (χ0v) is 10.7. The van der Waals surface area contributed by atoms with E-state index in [1.807, 2.05) is 30.3 Å². The minimum Gasteiger partial charge on any atom is -0.465 e. The first-order valence-corrected chi connectivity index (χ1v) is 6.68. The Hall–Kier alpha value is -1.35. The van der Waals surface area contributed by atoms with E-state index in [2.05, 4.69) is 0 Å². The van der Waals surface area contributed by atoms with Gasteiger partial charge in [-0.2, -0.15) is 0 Å². The predicted octanol–water partition coefficient (Wildman–Crippen LogP) is 2.29. The third-order valence-corrected chi connectivity index (χ3v) is 3.85. The summed E-state index contributed by atoms with van der Waals surface area (Å²) in [7, 11) is 0. The van der Waals surface area contributed by atoms with E-state index in [4.69, 9.17) is 10.5 Å². The quantitative estimate of drug-likeness (QED) is 0.812. The van der Waals surface area contributed by atoms with Crippen molar-refractivity contribution in [2.75, 3.05) is 13.2 Å². The minimum atomic E-state index is -0.392. The van der Waals surface area contributed by atoms with Gasteiger partial charge in [-0.1, -0.05) is 43.2 Å². The molecule has 1 aliphatic carbocycles. The summed E-state index contributed by atoms with van der Waals surface area (Å²) in [6.45, 7) is 0.863. The predicted molar refractivity (Wildman–Crippen MR) is 71.1 cm³/mol. The van der Waals surface area contributed by atoms with Gasteiger partial charge in [-0.05, 0) is 18.4 Å². The van der Waals surface area contributed by atoms with Crippen LogP contribution in [0.1, 0.15) is 31.2 Å². The van der Waals surface area contributed by atoms with Crippen LogP contribution in [0.25, 0.3) is 0 Å². The molecule has 1 aromatic rings. The second-order valence-electron chi connectivity index (χ2n) is 5.06. The number of rotatable bonds is 5. The molecular weight excluding hydrogens is 226 g/mol. The molecule has 0 bridgehead atoms. The molecule has 3 nitrogen and oxygen atoms in total. The van der Waals surface area contributed by atoms with Crippen molar-refractivity contribution in [3.63, 3.8) is 0 Å². The molecule has 2 rings (SSSR count). The summed E-state index contributed by atoms with van der Waals surface area (Å²) in [5, 5.41) is 0. The van der Waals surface area contributed by atoms with E-state index in [9.17, 15) is 4.79 Å². The van der Waals surface area contributed by atoms with Crippen LogP contribution in [0.15, 0.2) is 30.3 Å². The van der Waals surface area contributed by atoms with Crippen LogP contribution in [0.5, 0.6) is 0 Å². The third-order valence-electron chi connectivity index (χ3n) is 3.85. The van der Waals surface area contributed by atoms with Crippen molar-refractivity contribution >= 4 is 5.97 Å². The molecule has 0 amide bonds. The van der Waals surface area contributed by atoms with Gasteiger partial charge < -0.3 is 10.5 Å². The maximum absolute atomic E-state index is 12.1. The molecule has 0 unspecified atom stereocenters. The fourth-order valence-electron chi connectivity index (χ4n) is 2.60. The highest BCUT2D eigenvalue weighted by atomic mass is 16.5. The van der Waals surface area contributed by atoms with E-state index in [0.29, 0.717) is 13.2 Å². The second-order valence-corrected chi connectivity index (χ2v) is 5.06. The highest BCUT2D eigenvalue weighted by Gasteiger charge is 2.41. The van der Waals surface area contributed by atoms with Gasteiger partial charge in [-0.25, -0.2) is 0 Å². The van der Waals surface area contributed by atoms with E-state index in [1.165, 1.54) is 5.56 Å². The molecule has 3 heteroatoms. The summed E-state index contributed by atoms with van der Waals surface area (Å²) in [4.78, 5) is 12.1. The number of ether oxygens (including phenoxy) is 1. The van der Waals surface area contributed by atoms with Crippen molar-refractivity contribution in [3.05, 3.63) is 35.9 Å². The van der Waals surface area contributed by atoms with Crippen LogP contribution in [0.2, 0.25) is 0 Å². The van der Waals surface area contributed by atoms with Crippen molar-refractivity contribution < 1.29 is 9.53 Å². The Labute approximate surface area is 108 Å². The third kappa shape index (κ3) is 2.91. The molecule has 0 heterocycles. The zero-order chi connectivity index (χ0) is 12.8. The molecule has 2 N–H and O–H groups in total. The Bertz CT molecular complexity index is 383. The zero-order valence-electron chi connectivity index (χ0n) is 10.7. The lowest BCUT2D eigenvalue weighted by atomic mass is 9.86. The Morgan fingerprint density at radius 1 is 1.22 bits per heavy atom. The van der Waals surface area contributed by atoms with Crippen LogP contribution in [-0.2, 0) is 16.0 Å². The summed E-state index contributed by atoms with van der Waals surface area (Å²) in [5.41, 5.74) is 6.55. The van der Waals surface area contributed by atoms with E-state index < -0.39 is 5.41 Å². The Morgan fingerprint density at radius 2 is 1.89 bits per heavy atom. The molecule has 1 aromatic carbocycles. The Balaban J connectivity index is 1.81. The summed E-state index contributed by atoms with van der Waals surface area (Å²) < 4.78 is 5.41. The van der Waals surface area contributed by atoms with Crippen LogP contribution in [0.4, 0.5) is 0 Å². The Morgan fingerprint density at radius 3 is 2.50 bits per heavy atom. The molecule has 1 fully saturated rings. The van der Waals surface area contributed by atoms with Gasteiger partial charge in [0.15, 0.2) is 0 Å². The molecule has 0 aliphatic heterocycles. The fourth-order valence-corrected chi connectivity index (χ4v) is 2.60. The smallest absolute Gasteiger partial charge is 0.313 e. The molecule has 0 aromatic heterocycles. The normalized spacial score (nSPS) is 17.6. The first-order valence-electron chi connectivity index (χ1n) is 6.68. The van der Waals surface area contributed by atoms with Crippen molar-refractivity contribution in [2.45, 2.75) is 32.1 Å². The highest BCUT2D eigenvalue weighted by molar-refractivity contribution is 5.77. The lowest BCUT2D eigenvalue weighted by Crippen LogP contribution is -2.37. The van der Waals surface area contributed by atoms with E-state index in [-0.39, 0.29) is 5.97 Å². The number of hydrogen-bond donors (Lipinski definition) is 1. The number of hydrogen-bond acceptors (Lipinski definition) is 3. The van der Waals surface area contributed by atoms with Gasteiger partial charge in [-0.15, -0.1) is 0 Å². The first kappa shape index (κ1) is 13.1. The average Bonchev–Trinajstić information content (AvgIpc) is 2.90. The number of nitrogens with two attached hydrogens (primary N) is 1.